The van der Waals surface area contributed by atoms with Crippen LogP contribution >= 0.6 is 0 Å². The van der Waals surface area contributed by atoms with Crippen LogP contribution in [0.1, 0.15) is 66.4 Å². The SMILES string of the molecule is CC(C)C[C@H](NC(=O)OCc1ccccc1)C(=O)N[C@@H](CC(C)C)C(=O)N[C@@H](CC(C)C)C(=O)NNC(=O)C1OC1C(=O)O. The Labute approximate surface area is 257 Å². The fourth-order valence-corrected chi connectivity index (χ4v) is 4.34. The third kappa shape index (κ3) is 12.6. The van der Waals surface area contributed by atoms with E-state index in [2.05, 4.69) is 26.8 Å². The molecule has 14 nitrogen and oxygen atoms in total. The number of benzene rings is 1. The number of ether oxygens (including phenoxy) is 2. The summed E-state index contributed by atoms with van der Waals surface area (Å²) in [6.07, 6.45) is -2.54. The van der Waals surface area contributed by atoms with Crippen LogP contribution in [0, 0.1) is 17.8 Å². The van der Waals surface area contributed by atoms with Gasteiger partial charge >= 0.3 is 12.1 Å². The number of aliphatic carboxylic acids is 1. The summed E-state index contributed by atoms with van der Waals surface area (Å²) in [5, 5.41) is 16.9. The summed E-state index contributed by atoms with van der Waals surface area (Å²) in [6, 6.07) is 5.98. The standard InChI is InChI=1S/C30H45N5O9/c1-16(2)12-20(31-26(37)21(13-17(3)4)33-30(42)43-15-19-10-8-7-9-11-19)25(36)32-22(14-18(5)6)27(38)34-35-28(39)23-24(44-23)29(40)41/h7-11,16-18,20-24H,12-15H2,1-6H3,(H,31,37)(H,32,36)(H,33,42)(H,34,38)(H,35,39)(H,40,41)/t20-,21-,22-,23?,24?/m0/s1. The molecule has 1 aliphatic heterocycles. The Kier molecular flexibility index (Phi) is 14.1. The molecule has 1 aliphatic rings. The molecule has 44 heavy (non-hydrogen) atoms. The number of hydrogen-bond donors (Lipinski definition) is 6. The minimum absolute atomic E-state index is 0.0178. The molecule has 1 heterocycles. The summed E-state index contributed by atoms with van der Waals surface area (Å²) in [5.74, 6) is -4.09. The number of amides is 5. The Hall–Kier alpha value is -4.20. The maximum absolute atomic E-state index is 13.4. The molecule has 14 heteroatoms. The van der Waals surface area contributed by atoms with Crippen molar-refractivity contribution in [2.75, 3.05) is 0 Å². The van der Waals surface area contributed by atoms with Gasteiger partial charge in [-0.3, -0.25) is 30.0 Å². The fourth-order valence-electron chi connectivity index (χ4n) is 4.34. The third-order valence-corrected chi connectivity index (χ3v) is 6.51. The largest absolute Gasteiger partial charge is 0.479 e. The van der Waals surface area contributed by atoms with Crippen molar-refractivity contribution < 1.29 is 43.3 Å². The van der Waals surface area contributed by atoms with Gasteiger partial charge in [-0.1, -0.05) is 71.9 Å². The molecule has 1 aromatic carbocycles. The number of hydrazine groups is 1. The van der Waals surface area contributed by atoms with Gasteiger partial charge in [0.2, 0.25) is 11.8 Å². The van der Waals surface area contributed by atoms with Crippen LogP contribution in [-0.2, 0) is 40.1 Å². The van der Waals surface area contributed by atoms with Gasteiger partial charge in [0.1, 0.15) is 24.7 Å². The van der Waals surface area contributed by atoms with E-state index < -0.39 is 66.0 Å². The molecule has 1 fully saturated rings. The molecular formula is C30H45N5O9. The van der Waals surface area contributed by atoms with Gasteiger partial charge in [-0.2, -0.15) is 0 Å². The van der Waals surface area contributed by atoms with E-state index in [9.17, 15) is 28.8 Å². The highest BCUT2D eigenvalue weighted by Gasteiger charge is 2.51. The van der Waals surface area contributed by atoms with Gasteiger partial charge in [0.25, 0.3) is 11.8 Å². The number of hydrogen-bond acceptors (Lipinski definition) is 8. The highest BCUT2D eigenvalue weighted by atomic mass is 16.6. The van der Waals surface area contributed by atoms with Crippen LogP contribution in [0.3, 0.4) is 0 Å². The van der Waals surface area contributed by atoms with E-state index >= 15 is 0 Å². The van der Waals surface area contributed by atoms with E-state index in [4.69, 9.17) is 14.6 Å². The average molecular weight is 620 g/mol. The number of alkyl carbamates (subject to hydrolysis) is 1. The Bertz CT molecular complexity index is 1160. The predicted octanol–water partition coefficient (Wildman–Crippen LogP) is 1.39. The van der Waals surface area contributed by atoms with Gasteiger partial charge in [0.05, 0.1) is 0 Å². The average Bonchev–Trinajstić information content (AvgIpc) is 3.75. The van der Waals surface area contributed by atoms with Gasteiger partial charge in [-0.15, -0.1) is 0 Å². The zero-order valence-electron chi connectivity index (χ0n) is 26.0. The maximum atomic E-state index is 13.4. The van der Waals surface area contributed by atoms with Crippen LogP contribution in [0.25, 0.3) is 0 Å². The van der Waals surface area contributed by atoms with Gasteiger partial charge in [0.15, 0.2) is 12.2 Å². The summed E-state index contributed by atoms with van der Waals surface area (Å²) >= 11 is 0. The number of rotatable bonds is 16. The van der Waals surface area contributed by atoms with Crippen molar-refractivity contribution in [2.45, 2.75) is 97.7 Å². The molecule has 2 unspecified atom stereocenters. The highest BCUT2D eigenvalue weighted by Crippen LogP contribution is 2.21. The summed E-state index contributed by atoms with van der Waals surface area (Å²) < 4.78 is 10.0. The van der Waals surface area contributed by atoms with Crippen LogP contribution in [0.5, 0.6) is 0 Å². The van der Waals surface area contributed by atoms with Crippen molar-refractivity contribution in [2.24, 2.45) is 17.8 Å². The first-order valence-corrected chi connectivity index (χ1v) is 14.7. The Morgan fingerprint density at radius 1 is 0.705 bits per heavy atom. The minimum atomic E-state index is -1.30. The molecular weight excluding hydrogens is 574 g/mol. The lowest BCUT2D eigenvalue weighted by atomic mass is 9.99. The maximum Gasteiger partial charge on any atom is 0.408 e. The first kappa shape index (κ1) is 36.0. The first-order valence-electron chi connectivity index (χ1n) is 14.7. The number of carbonyl (C=O) groups excluding carboxylic acids is 5. The Morgan fingerprint density at radius 3 is 1.64 bits per heavy atom. The Balaban J connectivity index is 2.06. The molecule has 1 saturated heterocycles. The van der Waals surface area contributed by atoms with Crippen molar-refractivity contribution in [3.8, 4) is 0 Å². The van der Waals surface area contributed by atoms with E-state index in [-0.39, 0.29) is 43.6 Å². The summed E-state index contributed by atoms with van der Waals surface area (Å²) in [6.45, 7) is 11.2. The van der Waals surface area contributed by atoms with Gasteiger partial charge in [0, 0.05) is 0 Å². The van der Waals surface area contributed by atoms with Gasteiger partial charge in [-0.05, 0) is 42.6 Å². The van der Waals surface area contributed by atoms with Crippen molar-refractivity contribution in [1.82, 2.24) is 26.8 Å². The van der Waals surface area contributed by atoms with Crippen LogP contribution in [-0.4, -0.2) is 71.1 Å². The number of nitrogens with one attached hydrogen (secondary N) is 5. The number of epoxide rings is 1. The van der Waals surface area contributed by atoms with E-state index in [1.165, 1.54) is 0 Å². The van der Waals surface area contributed by atoms with Crippen LogP contribution < -0.4 is 26.8 Å². The zero-order valence-corrected chi connectivity index (χ0v) is 26.0. The summed E-state index contributed by atoms with van der Waals surface area (Å²) in [7, 11) is 0. The molecule has 5 atom stereocenters. The lowest BCUT2D eigenvalue weighted by molar-refractivity contribution is -0.138. The molecule has 0 radical (unpaired) electrons. The topological polar surface area (TPSA) is 205 Å². The van der Waals surface area contributed by atoms with Gasteiger partial charge in [-0.25, -0.2) is 9.59 Å². The molecule has 6 N–H and O–H groups in total. The smallest absolute Gasteiger partial charge is 0.408 e. The summed E-state index contributed by atoms with van der Waals surface area (Å²) in [4.78, 5) is 75.2. The van der Waals surface area contributed by atoms with Crippen molar-refractivity contribution in [3.05, 3.63) is 35.9 Å². The lowest BCUT2D eigenvalue weighted by Gasteiger charge is -2.27. The molecule has 0 aromatic heterocycles. The number of carboxylic acid groups (broad SMARTS) is 1. The Morgan fingerprint density at radius 2 is 1.18 bits per heavy atom. The molecule has 0 spiro atoms. The van der Waals surface area contributed by atoms with E-state index in [0.717, 1.165) is 5.56 Å². The second kappa shape index (κ2) is 17.2. The zero-order chi connectivity index (χ0) is 33.0. The van der Waals surface area contributed by atoms with Crippen molar-refractivity contribution in [3.63, 3.8) is 0 Å². The number of carbonyl (C=O) groups is 6. The molecule has 1 aromatic rings. The molecule has 0 saturated carbocycles. The summed E-state index contributed by atoms with van der Waals surface area (Å²) in [5.41, 5.74) is 5.11. The molecule has 2 rings (SSSR count). The fraction of sp³-hybridized carbons (Fsp3) is 0.600. The molecule has 244 valence electrons. The normalized spacial score (nSPS) is 17.7. The monoisotopic (exact) mass is 619 g/mol. The predicted molar refractivity (Wildman–Crippen MR) is 158 cm³/mol. The van der Waals surface area contributed by atoms with Crippen LogP contribution in [0.4, 0.5) is 4.79 Å². The van der Waals surface area contributed by atoms with Gasteiger partial charge < -0.3 is 30.5 Å². The van der Waals surface area contributed by atoms with Crippen molar-refractivity contribution >= 4 is 35.7 Å². The van der Waals surface area contributed by atoms with Crippen molar-refractivity contribution in [1.29, 1.82) is 0 Å². The second-order valence-corrected chi connectivity index (χ2v) is 12.1. The minimum Gasteiger partial charge on any atom is -0.479 e. The molecule has 5 amide bonds. The second-order valence-electron chi connectivity index (χ2n) is 12.1. The molecule has 0 aliphatic carbocycles. The first-order chi connectivity index (χ1) is 20.7. The van der Waals surface area contributed by atoms with E-state index in [1.54, 1.807) is 12.1 Å². The van der Waals surface area contributed by atoms with Crippen LogP contribution in [0.2, 0.25) is 0 Å². The van der Waals surface area contributed by atoms with E-state index in [1.807, 2.05) is 59.7 Å². The number of carboxylic acids is 1. The van der Waals surface area contributed by atoms with E-state index in [0.29, 0.717) is 0 Å². The highest BCUT2D eigenvalue weighted by molar-refractivity contribution is 5.96. The lowest BCUT2D eigenvalue weighted by Crippen LogP contribution is -2.58. The quantitative estimate of drug-likeness (QED) is 0.117. The third-order valence-electron chi connectivity index (χ3n) is 6.51. The molecule has 0 bridgehead atoms. The van der Waals surface area contributed by atoms with Crippen LogP contribution in [0.15, 0.2) is 30.3 Å².